The molecule has 0 aliphatic heterocycles. The third-order valence-electron chi connectivity index (χ3n) is 5.59. The summed E-state index contributed by atoms with van der Waals surface area (Å²) in [4.78, 5) is 15.8. The molecule has 0 spiro atoms. The number of pyridine rings is 1. The summed E-state index contributed by atoms with van der Waals surface area (Å²) in [6.45, 7) is 0.209. The molecule has 2 atom stereocenters. The molecule has 1 aromatic heterocycles. The van der Waals surface area contributed by atoms with Crippen molar-refractivity contribution in [2.24, 2.45) is 0 Å². The quantitative estimate of drug-likeness (QED) is 0.463. The van der Waals surface area contributed by atoms with E-state index in [-0.39, 0.29) is 36.2 Å². The van der Waals surface area contributed by atoms with E-state index in [0.29, 0.717) is 0 Å². The minimum Gasteiger partial charge on any atom is -0.449 e. The van der Waals surface area contributed by atoms with Crippen LogP contribution in [0.4, 0.5) is 9.18 Å². The van der Waals surface area contributed by atoms with Gasteiger partial charge in [-0.1, -0.05) is 60.1 Å². The lowest BCUT2D eigenvalue weighted by atomic mass is 9.98. The van der Waals surface area contributed by atoms with Crippen molar-refractivity contribution in [2.45, 2.75) is 24.5 Å². The van der Waals surface area contributed by atoms with Gasteiger partial charge in [0, 0.05) is 18.0 Å². The molecule has 1 aliphatic rings. The van der Waals surface area contributed by atoms with Crippen LogP contribution in [0.1, 0.15) is 35.1 Å². The minimum atomic E-state index is -1.50. The van der Waals surface area contributed by atoms with Crippen LogP contribution in [0.25, 0.3) is 11.1 Å². The second-order valence-corrected chi connectivity index (χ2v) is 7.97. The number of nitrogens with one attached hydrogen (secondary N) is 1. The van der Waals surface area contributed by atoms with Crippen molar-refractivity contribution in [2.75, 3.05) is 13.2 Å². The fraction of sp³-hybridized carbons (Fsp3) is 0.250. The zero-order valence-electron chi connectivity index (χ0n) is 17.0. The van der Waals surface area contributed by atoms with E-state index in [1.807, 2.05) is 36.4 Å². The number of aromatic nitrogens is 1. The van der Waals surface area contributed by atoms with Crippen LogP contribution in [0.15, 0.2) is 60.8 Å². The Morgan fingerprint density at radius 1 is 1.12 bits per heavy atom. The van der Waals surface area contributed by atoms with E-state index in [9.17, 15) is 19.4 Å². The number of nitrogens with zero attached hydrogens (tertiary/aromatic N) is 1. The normalized spacial score (nSPS) is 14.4. The van der Waals surface area contributed by atoms with Crippen LogP contribution in [0.5, 0.6) is 0 Å². The van der Waals surface area contributed by atoms with Crippen LogP contribution in [0.2, 0.25) is 5.15 Å². The number of hydrogen-bond donors (Lipinski definition) is 3. The summed E-state index contributed by atoms with van der Waals surface area (Å²) in [5.74, 6) is -0.828. The van der Waals surface area contributed by atoms with E-state index >= 15 is 0 Å². The number of aliphatic hydroxyl groups excluding tert-OH is 2. The summed E-state index contributed by atoms with van der Waals surface area (Å²) in [6.07, 6.45) is -2.57. The zero-order chi connectivity index (χ0) is 22.7. The molecule has 4 rings (SSSR count). The molecule has 3 N–H and O–H groups in total. The highest BCUT2D eigenvalue weighted by atomic mass is 35.5. The van der Waals surface area contributed by atoms with Crippen LogP contribution >= 0.6 is 11.6 Å². The number of carbonyl (C=O) groups is 1. The lowest BCUT2D eigenvalue weighted by molar-refractivity contribution is 0.0116. The molecule has 1 heterocycles. The van der Waals surface area contributed by atoms with Gasteiger partial charge in [0.2, 0.25) is 0 Å². The van der Waals surface area contributed by atoms with Crippen molar-refractivity contribution in [3.63, 3.8) is 0 Å². The first-order valence-corrected chi connectivity index (χ1v) is 10.6. The maximum Gasteiger partial charge on any atom is 0.407 e. The molecule has 0 fully saturated rings. The highest BCUT2D eigenvalue weighted by Crippen LogP contribution is 2.44. The monoisotopic (exact) mass is 456 g/mol. The molecular formula is C24H22ClFN2O4. The molecular weight excluding hydrogens is 435 g/mol. The Kier molecular flexibility index (Phi) is 6.69. The van der Waals surface area contributed by atoms with Gasteiger partial charge in [0.1, 0.15) is 23.7 Å². The summed E-state index contributed by atoms with van der Waals surface area (Å²) in [7, 11) is 0. The minimum absolute atomic E-state index is 0.00409. The van der Waals surface area contributed by atoms with Crippen LogP contribution in [-0.4, -0.2) is 40.5 Å². The number of benzene rings is 2. The van der Waals surface area contributed by atoms with Gasteiger partial charge >= 0.3 is 6.09 Å². The molecule has 6 nitrogen and oxygen atoms in total. The Bertz CT molecular complexity index is 1080. The van der Waals surface area contributed by atoms with Gasteiger partial charge < -0.3 is 20.3 Å². The molecule has 0 radical (unpaired) electrons. The number of fused-ring (bicyclic) bond motifs is 3. The second kappa shape index (κ2) is 9.65. The Morgan fingerprint density at radius 2 is 1.75 bits per heavy atom. The summed E-state index contributed by atoms with van der Waals surface area (Å²) < 4.78 is 19.2. The largest absolute Gasteiger partial charge is 0.449 e. The molecule has 1 aliphatic carbocycles. The van der Waals surface area contributed by atoms with Gasteiger partial charge in [-0.2, -0.15) is 0 Å². The van der Waals surface area contributed by atoms with Crippen LogP contribution in [0, 0.1) is 5.82 Å². The summed E-state index contributed by atoms with van der Waals surface area (Å²) in [5.41, 5.74) is 4.34. The molecule has 8 heteroatoms. The lowest BCUT2D eigenvalue weighted by Gasteiger charge is -2.19. The van der Waals surface area contributed by atoms with E-state index in [1.54, 1.807) is 0 Å². The summed E-state index contributed by atoms with van der Waals surface area (Å²) in [5, 5.41) is 22.9. The predicted octanol–water partition coefficient (Wildman–Crippen LogP) is 4.20. The number of alkyl carbamates (subject to hydrolysis) is 1. The van der Waals surface area contributed by atoms with Crippen molar-refractivity contribution in [1.82, 2.24) is 10.3 Å². The Morgan fingerprint density at radius 3 is 2.41 bits per heavy atom. The molecule has 2 unspecified atom stereocenters. The fourth-order valence-electron chi connectivity index (χ4n) is 3.99. The van der Waals surface area contributed by atoms with Crippen LogP contribution < -0.4 is 5.32 Å². The number of ether oxygens (including phenoxy) is 1. The first-order valence-electron chi connectivity index (χ1n) is 10.2. The summed E-state index contributed by atoms with van der Waals surface area (Å²) in [6, 6.07) is 17.2. The number of halogens is 2. The van der Waals surface area contributed by atoms with E-state index in [1.165, 1.54) is 0 Å². The van der Waals surface area contributed by atoms with Gasteiger partial charge in [0.05, 0.1) is 12.3 Å². The lowest BCUT2D eigenvalue weighted by Crippen LogP contribution is -2.31. The van der Waals surface area contributed by atoms with Crippen LogP contribution in [0.3, 0.4) is 0 Å². The third kappa shape index (κ3) is 4.60. The highest BCUT2D eigenvalue weighted by molar-refractivity contribution is 6.29. The van der Waals surface area contributed by atoms with Crippen molar-refractivity contribution < 1.29 is 24.1 Å². The van der Waals surface area contributed by atoms with Crippen molar-refractivity contribution in [3.05, 3.63) is 88.5 Å². The van der Waals surface area contributed by atoms with Gasteiger partial charge in [-0.25, -0.2) is 14.2 Å². The van der Waals surface area contributed by atoms with E-state index in [2.05, 4.69) is 22.4 Å². The predicted molar refractivity (Wildman–Crippen MR) is 118 cm³/mol. The zero-order valence-corrected chi connectivity index (χ0v) is 17.8. The van der Waals surface area contributed by atoms with Gasteiger partial charge in [-0.15, -0.1) is 0 Å². The number of amides is 1. The first kappa shape index (κ1) is 22.2. The van der Waals surface area contributed by atoms with Crippen molar-refractivity contribution in [1.29, 1.82) is 0 Å². The molecule has 0 bridgehead atoms. The van der Waals surface area contributed by atoms with Crippen molar-refractivity contribution >= 4 is 17.7 Å². The maximum atomic E-state index is 13.8. The molecule has 1 amide bonds. The smallest absolute Gasteiger partial charge is 0.407 e. The Labute approximate surface area is 189 Å². The SMILES string of the molecule is O=C(NCCC(O)C(O)c1cc(Cl)ncc1F)OCC1c2ccccc2-c2ccccc21. The molecule has 32 heavy (non-hydrogen) atoms. The average molecular weight is 457 g/mol. The fourth-order valence-corrected chi connectivity index (χ4v) is 4.16. The number of carbonyl (C=O) groups excluding carboxylic acids is 1. The van der Waals surface area contributed by atoms with E-state index < -0.39 is 24.1 Å². The van der Waals surface area contributed by atoms with E-state index in [4.69, 9.17) is 16.3 Å². The number of aliphatic hydroxyl groups is 2. The summed E-state index contributed by atoms with van der Waals surface area (Å²) >= 11 is 5.72. The van der Waals surface area contributed by atoms with Gasteiger partial charge in [0.15, 0.2) is 0 Å². The standard InChI is InChI=1S/C24H22ClFN2O4/c25-22-11-18(20(26)12-28-22)23(30)21(29)9-10-27-24(31)32-13-19-16-7-3-1-5-14(16)15-6-2-4-8-17(15)19/h1-8,11-12,19,21,23,29-30H,9-10,13H2,(H,27,31). The average Bonchev–Trinajstić information content (AvgIpc) is 3.12. The number of hydrogen-bond acceptors (Lipinski definition) is 5. The van der Waals surface area contributed by atoms with E-state index in [0.717, 1.165) is 34.5 Å². The van der Waals surface area contributed by atoms with Gasteiger partial charge in [0.25, 0.3) is 0 Å². The molecule has 166 valence electrons. The Balaban J connectivity index is 1.29. The van der Waals surface area contributed by atoms with Gasteiger partial charge in [-0.05, 0) is 34.7 Å². The molecule has 3 aromatic rings. The molecule has 2 aromatic carbocycles. The first-order chi connectivity index (χ1) is 15.5. The molecule has 0 saturated carbocycles. The topological polar surface area (TPSA) is 91.7 Å². The highest BCUT2D eigenvalue weighted by Gasteiger charge is 2.29. The number of rotatable bonds is 7. The third-order valence-corrected chi connectivity index (χ3v) is 5.79. The van der Waals surface area contributed by atoms with Gasteiger partial charge in [-0.3, -0.25) is 0 Å². The Hall–Kier alpha value is -3.00. The van der Waals surface area contributed by atoms with Crippen molar-refractivity contribution in [3.8, 4) is 11.1 Å². The second-order valence-electron chi connectivity index (χ2n) is 7.58. The maximum absolute atomic E-state index is 13.8. The molecule has 0 saturated heterocycles. The van der Waals surface area contributed by atoms with Crippen LogP contribution in [-0.2, 0) is 4.74 Å².